The van der Waals surface area contributed by atoms with Crippen LogP contribution in [0.2, 0.25) is 0 Å². The van der Waals surface area contributed by atoms with Crippen molar-refractivity contribution in [3.05, 3.63) is 65.2 Å². The van der Waals surface area contributed by atoms with Crippen molar-refractivity contribution in [2.75, 3.05) is 26.7 Å². The summed E-state index contributed by atoms with van der Waals surface area (Å²) in [6, 6.07) is 15.0. The molecule has 5 heteroatoms. The molecule has 0 unspecified atom stereocenters. The predicted octanol–water partition coefficient (Wildman–Crippen LogP) is 4.41. The first-order valence-corrected chi connectivity index (χ1v) is 10.7. The highest BCUT2D eigenvalue weighted by Crippen LogP contribution is 2.24. The zero-order chi connectivity index (χ0) is 21.7. The van der Waals surface area contributed by atoms with Crippen molar-refractivity contribution in [3.63, 3.8) is 0 Å². The van der Waals surface area contributed by atoms with Crippen LogP contribution in [-0.4, -0.2) is 54.4 Å². The van der Waals surface area contributed by atoms with Crippen molar-refractivity contribution in [2.45, 2.75) is 39.7 Å². The van der Waals surface area contributed by atoms with Gasteiger partial charge < -0.3 is 14.5 Å². The van der Waals surface area contributed by atoms with Crippen LogP contribution in [0.5, 0.6) is 5.75 Å². The number of fused-ring (bicyclic) bond motifs is 1. The fourth-order valence-corrected chi connectivity index (χ4v) is 3.80. The summed E-state index contributed by atoms with van der Waals surface area (Å²) in [5, 5.41) is 0. The van der Waals surface area contributed by atoms with Gasteiger partial charge in [0.25, 0.3) is 11.8 Å². The summed E-state index contributed by atoms with van der Waals surface area (Å²) in [7, 11) is 1.82. The molecule has 1 atom stereocenters. The third-order valence-corrected chi connectivity index (χ3v) is 5.75. The molecule has 3 rings (SSSR count). The number of hydrogen-bond acceptors (Lipinski definition) is 3. The van der Waals surface area contributed by atoms with Crippen LogP contribution in [-0.2, 0) is 0 Å². The summed E-state index contributed by atoms with van der Waals surface area (Å²) < 4.78 is 6.15. The van der Waals surface area contributed by atoms with Gasteiger partial charge in [-0.2, -0.15) is 0 Å². The minimum atomic E-state index is -0.0842. The topological polar surface area (TPSA) is 49.9 Å². The molecule has 0 N–H and O–H groups in total. The molecule has 0 aromatic heterocycles. The summed E-state index contributed by atoms with van der Waals surface area (Å²) in [5.41, 5.74) is 2.40. The fraction of sp³-hybridized carbons (Fsp3) is 0.440. The van der Waals surface area contributed by atoms with Gasteiger partial charge in [0.15, 0.2) is 0 Å². The molecule has 0 fully saturated rings. The predicted molar refractivity (Wildman–Crippen MR) is 119 cm³/mol. The number of nitrogens with zero attached hydrogens (tertiary/aromatic N) is 2. The molecule has 0 radical (unpaired) electrons. The number of carbonyl (C=O) groups excluding carboxylic acids is 2. The van der Waals surface area contributed by atoms with E-state index in [1.807, 2.05) is 61.3 Å². The Bertz CT molecular complexity index is 876. The van der Waals surface area contributed by atoms with E-state index in [-0.39, 0.29) is 23.8 Å². The Labute approximate surface area is 179 Å². The summed E-state index contributed by atoms with van der Waals surface area (Å²) in [4.78, 5) is 29.9. The van der Waals surface area contributed by atoms with Crippen LogP contribution in [0.15, 0.2) is 48.5 Å². The normalized spacial score (nSPS) is 18.3. The van der Waals surface area contributed by atoms with Gasteiger partial charge in [-0.1, -0.05) is 43.7 Å². The fourth-order valence-electron chi connectivity index (χ4n) is 3.80. The number of hydrogen-bond donors (Lipinski definition) is 0. The molecule has 2 aromatic carbocycles. The lowest BCUT2D eigenvalue weighted by Crippen LogP contribution is -2.47. The Hall–Kier alpha value is -2.82. The monoisotopic (exact) mass is 408 g/mol. The Balaban J connectivity index is 1.92. The van der Waals surface area contributed by atoms with Crippen molar-refractivity contribution in [3.8, 4) is 5.75 Å². The third kappa shape index (κ3) is 5.02. The second-order valence-electron chi connectivity index (χ2n) is 8.42. The highest BCUT2D eigenvalue weighted by atomic mass is 16.5. The zero-order valence-corrected chi connectivity index (χ0v) is 18.4. The molecule has 0 saturated heterocycles. The van der Waals surface area contributed by atoms with Crippen LogP contribution in [0.25, 0.3) is 0 Å². The maximum atomic E-state index is 13.4. The SMILES string of the molecule is Cc1ccc(C(=O)N2CCCCN(C)C(=O)c3ccccc3OC[C@@H]2C(C)C)cc1. The van der Waals surface area contributed by atoms with Crippen LogP contribution in [0, 0.1) is 12.8 Å². The minimum absolute atomic E-state index is 0.0279. The van der Waals surface area contributed by atoms with Crippen LogP contribution in [0.1, 0.15) is 53.0 Å². The summed E-state index contributed by atoms with van der Waals surface area (Å²) in [6.07, 6.45) is 1.67. The molecule has 0 aliphatic carbocycles. The molecule has 160 valence electrons. The molecule has 2 aromatic rings. The lowest BCUT2D eigenvalue weighted by Gasteiger charge is -2.35. The van der Waals surface area contributed by atoms with Crippen LogP contribution >= 0.6 is 0 Å². The molecule has 2 amide bonds. The molecule has 0 spiro atoms. The maximum Gasteiger partial charge on any atom is 0.257 e. The van der Waals surface area contributed by atoms with E-state index in [0.717, 1.165) is 18.4 Å². The molecule has 1 heterocycles. The van der Waals surface area contributed by atoms with Gasteiger partial charge in [0, 0.05) is 25.7 Å². The van der Waals surface area contributed by atoms with Gasteiger partial charge >= 0.3 is 0 Å². The van der Waals surface area contributed by atoms with Crippen molar-refractivity contribution < 1.29 is 14.3 Å². The largest absolute Gasteiger partial charge is 0.491 e. The van der Waals surface area contributed by atoms with Crippen LogP contribution < -0.4 is 4.74 Å². The minimum Gasteiger partial charge on any atom is -0.491 e. The lowest BCUT2D eigenvalue weighted by molar-refractivity contribution is 0.0515. The van der Waals surface area contributed by atoms with E-state index in [2.05, 4.69) is 13.8 Å². The molecular weight excluding hydrogens is 376 g/mol. The average molecular weight is 409 g/mol. The van der Waals surface area contributed by atoms with E-state index in [0.29, 0.717) is 36.6 Å². The number of rotatable bonds is 2. The Morgan fingerprint density at radius 3 is 2.40 bits per heavy atom. The Morgan fingerprint density at radius 2 is 1.70 bits per heavy atom. The van der Waals surface area contributed by atoms with Crippen molar-refractivity contribution in [1.29, 1.82) is 0 Å². The number of aryl methyl sites for hydroxylation is 1. The van der Waals surface area contributed by atoms with Gasteiger partial charge in [-0.15, -0.1) is 0 Å². The third-order valence-electron chi connectivity index (χ3n) is 5.75. The molecular formula is C25H32N2O3. The summed E-state index contributed by atoms with van der Waals surface area (Å²) in [6.45, 7) is 7.88. The van der Waals surface area contributed by atoms with Gasteiger partial charge in [0.05, 0.1) is 11.6 Å². The highest BCUT2D eigenvalue weighted by Gasteiger charge is 2.29. The second kappa shape index (κ2) is 9.79. The van der Waals surface area contributed by atoms with E-state index in [4.69, 9.17) is 4.74 Å². The maximum absolute atomic E-state index is 13.4. The molecule has 1 aliphatic heterocycles. The van der Waals surface area contributed by atoms with Gasteiger partial charge in [-0.05, 0) is 49.9 Å². The first-order chi connectivity index (χ1) is 14.4. The molecule has 5 nitrogen and oxygen atoms in total. The van der Waals surface area contributed by atoms with Crippen LogP contribution in [0.3, 0.4) is 0 Å². The van der Waals surface area contributed by atoms with Crippen molar-refractivity contribution >= 4 is 11.8 Å². The second-order valence-corrected chi connectivity index (χ2v) is 8.42. The van der Waals surface area contributed by atoms with E-state index in [9.17, 15) is 9.59 Å². The first kappa shape index (κ1) is 21.9. The molecule has 30 heavy (non-hydrogen) atoms. The number of amides is 2. The van der Waals surface area contributed by atoms with E-state index >= 15 is 0 Å². The number of carbonyl (C=O) groups is 2. The van der Waals surface area contributed by atoms with E-state index in [1.165, 1.54) is 0 Å². The number of para-hydroxylation sites is 1. The smallest absolute Gasteiger partial charge is 0.257 e. The Kier molecular flexibility index (Phi) is 7.14. The van der Waals surface area contributed by atoms with Gasteiger partial charge in [0.2, 0.25) is 0 Å². The van der Waals surface area contributed by atoms with Crippen molar-refractivity contribution in [2.24, 2.45) is 5.92 Å². The van der Waals surface area contributed by atoms with Crippen LogP contribution in [0.4, 0.5) is 0 Å². The Morgan fingerprint density at radius 1 is 1.03 bits per heavy atom. The van der Waals surface area contributed by atoms with E-state index < -0.39 is 0 Å². The molecule has 1 aliphatic rings. The van der Waals surface area contributed by atoms with Crippen molar-refractivity contribution in [1.82, 2.24) is 9.80 Å². The van der Waals surface area contributed by atoms with Gasteiger partial charge in [-0.3, -0.25) is 9.59 Å². The van der Waals surface area contributed by atoms with Gasteiger partial charge in [-0.25, -0.2) is 0 Å². The van der Waals surface area contributed by atoms with Gasteiger partial charge in [0.1, 0.15) is 12.4 Å². The quantitative estimate of drug-likeness (QED) is 0.740. The highest BCUT2D eigenvalue weighted by molar-refractivity contribution is 5.97. The number of ether oxygens (including phenoxy) is 1. The summed E-state index contributed by atoms with van der Waals surface area (Å²) in [5.74, 6) is 0.795. The average Bonchev–Trinajstić information content (AvgIpc) is 2.74. The zero-order valence-electron chi connectivity index (χ0n) is 18.4. The first-order valence-electron chi connectivity index (χ1n) is 10.7. The standard InChI is InChI=1S/C25H32N2O3/c1-18(2)22-17-30-23-10-6-5-9-21(23)25(29)26(4)15-7-8-16-27(22)24(28)20-13-11-19(3)12-14-20/h5-6,9-14,18,22H,7-8,15-17H2,1-4H3/t22-/m1/s1. The lowest BCUT2D eigenvalue weighted by atomic mass is 10.0. The number of benzene rings is 2. The molecule has 0 bridgehead atoms. The molecule has 0 saturated carbocycles. The summed E-state index contributed by atoms with van der Waals surface area (Å²) >= 11 is 0. The van der Waals surface area contributed by atoms with E-state index in [1.54, 1.807) is 11.0 Å².